The van der Waals surface area contributed by atoms with Crippen LogP contribution in [0.2, 0.25) is 0 Å². The SMILES string of the molecule is CC=CC=CC(=O)Nc1ccc2oc(=O)ccc2c1. The highest BCUT2D eigenvalue weighted by atomic mass is 16.4. The molecular formula is C15H13NO3. The van der Waals surface area contributed by atoms with E-state index in [0.29, 0.717) is 11.3 Å². The maximum Gasteiger partial charge on any atom is 0.336 e. The van der Waals surface area contributed by atoms with Gasteiger partial charge in [0.1, 0.15) is 5.58 Å². The zero-order valence-electron chi connectivity index (χ0n) is 10.4. The van der Waals surface area contributed by atoms with Gasteiger partial charge >= 0.3 is 5.63 Å². The molecular weight excluding hydrogens is 242 g/mol. The molecule has 0 fully saturated rings. The Morgan fingerprint density at radius 3 is 2.84 bits per heavy atom. The Morgan fingerprint density at radius 1 is 1.21 bits per heavy atom. The first-order valence-corrected chi connectivity index (χ1v) is 5.83. The average molecular weight is 255 g/mol. The molecule has 1 heterocycles. The molecule has 2 rings (SSSR count). The van der Waals surface area contributed by atoms with Gasteiger partial charge < -0.3 is 9.73 Å². The lowest BCUT2D eigenvalue weighted by molar-refractivity contribution is -0.111. The van der Waals surface area contributed by atoms with Crippen LogP contribution in [0, 0.1) is 0 Å². The smallest absolute Gasteiger partial charge is 0.336 e. The lowest BCUT2D eigenvalue weighted by atomic mass is 10.2. The van der Waals surface area contributed by atoms with Crippen LogP contribution in [0.3, 0.4) is 0 Å². The van der Waals surface area contributed by atoms with Crippen LogP contribution in [-0.2, 0) is 4.79 Å². The van der Waals surface area contributed by atoms with Gasteiger partial charge in [-0.3, -0.25) is 4.79 Å². The molecule has 19 heavy (non-hydrogen) atoms. The molecule has 0 saturated carbocycles. The molecule has 0 bridgehead atoms. The number of rotatable bonds is 3. The second-order valence-electron chi connectivity index (χ2n) is 3.88. The lowest BCUT2D eigenvalue weighted by Gasteiger charge is -2.03. The van der Waals surface area contributed by atoms with E-state index in [0.717, 1.165) is 5.39 Å². The molecule has 1 aromatic heterocycles. The fourth-order valence-corrected chi connectivity index (χ4v) is 1.59. The molecule has 96 valence electrons. The normalized spacial score (nSPS) is 11.4. The van der Waals surface area contributed by atoms with Crippen molar-refractivity contribution in [3.05, 3.63) is 65.1 Å². The Balaban J connectivity index is 2.20. The molecule has 1 amide bonds. The van der Waals surface area contributed by atoms with E-state index in [1.807, 2.05) is 13.0 Å². The number of benzene rings is 1. The van der Waals surface area contributed by atoms with Crippen molar-refractivity contribution < 1.29 is 9.21 Å². The minimum absolute atomic E-state index is 0.213. The van der Waals surface area contributed by atoms with Crippen LogP contribution in [0.15, 0.2) is 63.8 Å². The summed E-state index contributed by atoms with van der Waals surface area (Å²) < 4.78 is 5.01. The second kappa shape index (κ2) is 5.82. The van der Waals surface area contributed by atoms with Crippen LogP contribution in [0.4, 0.5) is 5.69 Å². The summed E-state index contributed by atoms with van der Waals surface area (Å²) in [6.45, 7) is 1.87. The monoisotopic (exact) mass is 255 g/mol. The Labute approximate surface area is 110 Å². The van der Waals surface area contributed by atoms with Crippen molar-refractivity contribution in [2.24, 2.45) is 0 Å². The molecule has 0 unspecified atom stereocenters. The summed E-state index contributed by atoms with van der Waals surface area (Å²) in [6.07, 6.45) is 6.71. The zero-order valence-corrected chi connectivity index (χ0v) is 10.4. The molecule has 0 spiro atoms. The molecule has 0 saturated heterocycles. The van der Waals surface area contributed by atoms with Crippen LogP contribution >= 0.6 is 0 Å². The summed E-state index contributed by atoms with van der Waals surface area (Å²) in [4.78, 5) is 22.6. The van der Waals surface area contributed by atoms with Crippen molar-refractivity contribution in [1.82, 2.24) is 0 Å². The van der Waals surface area contributed by atoms with Gasteiger partial charge in [-0.05, 0) is 31.2 Å². The molecule has 0 radical (unpaired) electrons. The fraction of sp³-hybridized carbons (Fsp3) is 0.0667. The first kappa shape index (κ1) is 12.8. The molecule has 0 aliphatic heterocycles. The van der Waals surface area contributed by atoms with E-state index >= 15 is 0 Å². The summed E-state index contributed by atoms with van der Waals surface area (Å²) in [5.41, 5.74) is 0.755. The maximum absolute atomic E-state index is 11.6. The highest BCUT2D eigenvalue weighted by molar-refractivity contribution is 6.00. The van der Waals surface area contributed by atoms with Crippen LogP contribution in [0.1, 0.15) is 6.92 Å². The van der Waals surface area contributed by atoms with Crippen molar-refractivity contribution in [3.63, 3.8) is 0 Å². The number of carbonyl (C=O) groups excluding carboxylic acids is 1. The minimum atomic E-state index is -0.390. The van der Waals surface area contributed by atoms with E-state index in [1.54, 1.807) is 36.4 Å². The Kier molecular flexibility index (Phi) is 3.93. The van der Waals surface area contributed by atoms with Crippen LogP contribution in [0.5, 0.6) is 0 Å². The van der Waals surface area contributed by atoms with Gasteiger partial charge in [-0.1, -0.05) is 18.2 Å². The average Bonchev–Trinajstić information content (AvgIpc) is 2.39. The fourth-order valence-electron chi connectivity index (χ4n) is 1.59. The predicted molar refractivity (Wildman–Crippen MR) is 75.1 cm³/mol. The highest BCUT2D eigenvalue weighted by Gasteiger charge is 2.01. The standard InChI is InChI=1S/C15H13NO3/c1-2-3-4-5-14(17)16-12-7-8-13-11(10-12)6-9-15(18)19-13/h2-10H,1H3,(H,16,17). The van der Waals surface area contributed by atoms with Crippen LogP contribution < -0.4 is 10.9 Å². The Hall–Kier alpha value is -2.62. The number of nitrogens with one attached hydrogen (secondary N) is 1. The van der Waals surface area contributed by atoms with Gasteiger partial charge in [-0.2, -0.15) is 0 Å². The second-order valence-corrected chi connectivity index (χ2v) is 3.88. The number of fused-ring (bicyclic) bond motifs is 1. The summed E-state index contributed by atoms with van der Waals surface area (Å²) in [5, 5.41) is 3.49. The molecule has 2 aromatic rings. The largest absolute Gasteiger partial charge is 0.423 e. The van der Waals surface area contributed by atoms with Crippen LogP contribution in [0.25, 0.3) is 11.0 Å². The summed E-state index contributed by atoms with van der Waals surface area (Å²) >= 11 is 0. The Bertz CT molecular complexity index is 711. The van der Waals surface area contributed by atoms with E-state index in [2.05, 4.69) is 5.32 Å². The molecule has 4 heteroatoms. The van der Waals surface area contributed by atoms with Crippen molar-refractivity contribution in [2.75, 3.05) is 5.32 Å². The van der Waals surface area contributed by atoms with E-state index in [4.69, 9.17) is 4.42 Å². The number of allylic oxidation sites excluding steroid dienone is 3. The zero-order chi connectivity index (χ0) is 13.7. The van der Waals surface area contributed by atoms with Crippen LogP contribution in [-0.4, -0.2) is 5.91 Å². The third-order valence-electron chi connectivity index (χ3n) is 2.44. The van der Waals surface area contributed by atoms with Gasteiger partial charge in [0, 0.05) is 23.2 Å². The lowest BCUT2D eigenvalue weighted by Crippen LogP contribution is -2.07. The van der Waals surface area contributed by atoms with Gasteiger partial charge in [-0.15, -0.1) is 0 Å². The number of amides is 1. The van der Waals surface area contributed by atoms with Crippen molar-refractivity contribution in [1.29, 1.82) is 0 Å². The van der Waals surface area contributed by atoms with E-state index in [9.17, 15) is 9.59 Å². The van der Waals surface area contributed by atoms with E-state index in [1.165, 1.54) is 12.1 Å². The third kappa shape index (κ3) is 3.42. The molecule has 0 aliphatic rings. The van der Waals surface area contributed by atoms with E-state index in [-0.39, 0.29) is 5.91 Å². The number of hydrogen-bond donors (Lipinski definition) is 1. The maximum atomic E-state index is 11.6. The number of carbonyl (C=O) groups is 1. The molecule has 0 atom stereocenters. The van der Waals surface area contributed by atoms with Gasteiger partial charge in [0.2, 0.25) is 5.91 Å². The quantitative estimate of drug-likeness (QED) is 0.521. The van der Waals surface area contributed by atoms with Crippen molar-refractivity contribution in [3.8, 4) is 0 Å². The van der Waals surface area contributed by atoms with Gasteiger partial charge in [0.15, 0.2) is 0 Å². The summed E-state index contributed by atoms with van der Waals surface area (Å²) in [5.74, 6) is -0.213. The highest BCUT2D eigenvalue weighted by Crippen LogP contribution is 2.17. The summed E-state index contributed by atoms with van der Waals surface area (Å²) in [7, 11) is 0. The third-order valence-corrected chi connectivity index (χ3v) is 2.44. The van der Waals surface area contributed by atoms with E-state index < -0.39 is 5.63 Å². The van der Waals surface area contributed by atoms with Gasteiger partial charge in [0.25, 0.3) is 0 Å². The first-order chi connectivity index (χ1) is 9.19. The predicted octanol–water partition coefficient (Wildman–Crippen LogP) is 2.86. The van der Waals surface area contributed by atoms with Crippen molar-refractivity contribution >= 4 is 22.6 Å². The molecule has 4 nitrogen and oxygen atoms in total. The number of anilines is 1. The van der Waals surface area contributed by atoms with Gasteiger partial charge in [0.05, 0.1) is 0 Å². The van der Waals surface area contributed by atoms with Gasteiger partial charge in [-0.25, -0.2) is 4.79 Å². The van der Waals surface area contributed by atoms with Crippen molar-refractivity contribution in [2.45, 2.75) is 6.92 Å². The molecule has 1 aromatic carbocycles. The molecule has 1 N–H and O–H groups in total. The minimum Gasteiger partial charge on any atom is -0.423 e. The topological polar surface area (TPSA) is 59.3 Å². The summed E-state index contributed by atoms with van der Waals surface area (Å²) in [6, 6.07) is 8.10. The molecule has 0 aliphatic carbocycles. The number of hydrogen-bond acceptors (Lipinski definition) is 3. The Morgan fingerprint density at radius 2 is 2.05 bits per heavy atom. The first-order valence-electron chi connectivity index (χ1n) is 5.83.